The van der Waals surface area contributed by atoms with E-state index in [1.165, 1.54) is 0 Å². The average Bonchev–Trinajstić information content (AvgIpc) is 2.41. The number of rotatable bonds is 4. The number of carbonyl (C=O) groups is 1. The molecule has 2 aromatic carbocycles. The van der Waals surface area contributed by atoms with Crippen molar-refractivity contribution in [2.75, 3.05) is 13.2 Å². The predicted octanol–water partition coefficient (Wildman–Crippen LogP) is 4.51. The van der Waals surface area contributed by atoms with Gasteiger partial charge in [-0.25, -0.2) is 4.79 Å². The van der Waals surface area contributed by atoms with Crippen LogP contribution in [0.2, 0.25) is 0 Å². The molecule has 1 N–H and O–H groups in total. The van der Waals surface area contributed by atoms with Gasteiger partial charge >= 0.3 is 6.09 Å². The molecule has 0 saturated carbocycles. The molecule has 2 rings (SSSR count). The first-order chi connectivity index (χ1) is 10.3. The highest BCUT2D eigenvalue weighted by Gasteiger charge is 2.15. The van der Waals surface area contributed by atoms with Crippen LogP contribution in [-0.2, 0) is 4.74 Å². The largest absolute Gasteiger partial charge is 0.492 e. The highest BCUT2D eigenvalue weighted by molar-refractivity contribution is 9.10. The standard InChI is InChI=1S/C17H20BrNO3/c1-17(2,3)22-16(20)19-8-9-21-15-7-5-12-4-6-14(18)10-13(12)11-15/h4-7,10-11H,8-9H2,1-3H3,(H,19,20). The lowest BCUT2D eigenvalue weighted by atomic mass is 10.1. The van der Waals surface area contributed by atoms with Gasteiger partial charge in [0, 0.05) is 4.47 Å². The lowest BCUT2D eigenvalue weighted by Gasteiger charge is -2.19. The second-order valence-corrected chi connectivity index (χ2v) is 6.85. The van der Waals surface area contributed by atoms with Crippen molar-refractivity contribution in [3.8, 4) is 5.75 Å². The number of hydrogen-bond donors (Lipinski definition) is 1. The molecule has 0 aliphatic carbocycles. The average molecular weight is 366 g/mol. The van der Waals surface area contributed by atoms with Gasteiger partial charge in [0.25, 0.3) is 0 Å². The summed E-state index contributed by atoms with van der Waals surface area (Å²) >= 11 is 3.46. The molecule has 0 radical (unpaired) electrons. The van der Waals surface area contributed by atoms with Crippen molar-refractivity contribution >= 4 is 32.8 Å². The van der Waals surface area contributed by atoms with Crippen molar-refractivity contribution in [2.45, 2.75) is 26.4 Å². The van der Waals surface area contributed by atoms with E-state index in [-0.39, 0.29) is 0 Å². The Bertz CT molecular complexity index is 664. The Hall–Kier alpha value is -1.75. The zero-order chi connectivity index (χ0) is 16.2. The Kier molecular flexibility index (Phi) is 5.29. The van der Waals surface area contributed by atoms with Crippen LogP contribution in [0.4, 0.5) is 4.79 Å². The third kappa shape index (κ3) is 5.22. The number of fused-ring (bicyclic) bond motifs is 1. The summed E-state index contributed by atoms with van der Waals surface area (Å²) in [7, 11) is 0. The van der Waals surface area contributed by atoms with Crippen LogP contribution in [0.15, 0.2) is 40.9 Å². The van der Waals surface area contributed by atoms with Crippen LogP contribution in [0.1, 0.15) is 20.8 Å². The Balaban J connectivity index is 1.83. The fraction of sp³-hybridized carbons (Fsp3) is 0.353. The number of benzene rings is 2. The van der Waals surface area contributed by atoms with Gasteiger partial charge in [0.2, 0.25) is 0 Å². The van der Waals surface area contributed by atoms with Crippen LogP contribution in [0, 0.1) is 0 Å². The zero-order valence-electron chi connectivity index (χ0n) is 13.0. The molecule has 0 saturated heterocycles. The van der Waals surface area contributed by atoms with Crippen LogP contribution in [0.3, 0.4) is 0 Å². The van der Waals surface area contributed by atoms with E-state index in [4.69, 9.17) is 9.47 Å². The van der Waals surface area contributed by atoms with Crippen LogP contribution in [-0.4, -0.2) is 24.8 Å². The van der Waals surface area contributed by atoms with Gasteiger partial charge in [0.1, 0.15) is 18.0 Å². The number of halogens is 1. The second kappa shape index (κ2) is 7.01. The number of amides is 1. The van der Waals surface area contributed by atoms with Crippen molar-refractivity contribution in [2.24, 2.45) is 0 Å². The van der Waals surface area contributed by atoms with Gasteiger partial charge in [0.05, 0.1) is 6.54 Å². The van der Waals surface area contributed by atoms with Crippen molar-refractivity contribution in [1.82, 2.24) is 5.32 Å². The Labute approximate surface area is 138 Å². The highest BCUT2D eigenvalue weighted by Crippen LogP contribution is 2.24. The van der Waals surface area contributed by atoms with E-state index in [0.29, 0.717) is 13.2 Å². The van der Waals surface area contributed by atoms with E-state index in [9.17, 15) is 4.79 Å². The molecule has 0 bridgehead atoms. The fourth-order valence-corrected chi connectivity index (χ4v) is 2.30. The van der Waals surface area contributed by atoms with Crippen molar-refractivity contribution in [1.29, 1.82) is 0 Å². The molecule has 4 nitrogen and oxygen atoms in total. The van der Waals surface area contributed by atoms with E-state index >= 15 is 0 Å². The summed E-state index contributed by atoms with van der Waals surface area (Å²) < 4.78 is 11.8. The minimum Gasteiger partial charge on any atom is -0.492 e. The van der Waals surface area contributed by atoms with E-state index < -0.39 is 11.7 Å². The Morgan fingerprint density at radius 3 is 2.59 bits per heavy atom. The first-order valence-electron chi connectivity index (χ1n) is 7.12. The number of hydrogen-bond acceptors (Lipinski definition) is 3. The van der Waals surface area contributed by atoms with Gasteiger partial charge in [-0.3, -0.25) is 0 Å². The summed E-state index contributed by atoms with van der Waals surface area (Å²) in [5.41, 5.74) is -0.489. The maximum Gasteiger partial charge on any atom is 0.407 e. The van der Waals surface area contributed by atoms with Gasteiger partial charge in [0.15, 0.2) is 0 Å². The van der Waals surface area contributed by atoms with Crippen molar-refractivity contribution in [3.63, 3.8) is 0 Å². The molecule has 0 aromatic heterocycles. The predicted molar refractivity (Wildman–Crippen MR) is 91.4 cm³/mol. The van der Waals surface area contributed by atoms with Crippen molar-refractivity contribution in [3.05, 3.63) is 40.9 Å². The smallest absolute Gasteiger partial charge is 0.407 e. The van der Waals surface area contributed by atoms with Crippen LogP contribution in [0.5, 0.6) is 5.75 Å². The molecule has 0 fully saturated rings. The van der Waals surface area contributed by atoms with Gasteiger partial charge in [-0.15, -0.1) is 0 Å². The number of nitrogens with one attached hydrogen (secondary N) is 1. The molecule has 0 heterocycles. The quantitative estimate of drug-likeness (QED) is 0.811. The third-order valence-electron chi connectivity index (χ3n) is 2.81. The topological polar surface area (TPSA) is 47.6 Å². The molecular formula is C17H20BrNO3. The highest BCUT2D eigenvalue weighted by atomic mass is 79.9. The summed E-state index contributed by atoms with van der Waals surface area (Å²) in [5, 5.41) is 4.92. The molecule has 0 unspecified atom stereocenters. The number of alkyl carbamates (subject to hydrolysis) is 1. The molecule has 5 heteroatoms. The Morgan fingerprint density at radius 2 is 1.86 bits per heavy atom. The SMILES string of the molecule is CC(C)(C)OC(=O)NCCOc1ccc2ccc(Br)cc2c1. The van der Waals surface area contributed by atoms with E-state index in [0.717, 1.165) is 21.0 Å². The lowest BCUT2D eigenvalue weighted by molar-refractivity contribution is 0.0520. The van der Waals surface area contributed by atoms with E-state index in [1.54, 1.807) is 0 Å². The molecule has 0 atom stereocenters. The zero-order valence-corrected chi connectivity index (χ0v) is 14.6. The first-order valence-corrected chi connectivity index (χ1v) is 7.92. The van der Waals surface area contributed by atoms with E-state index in [1.807, 2.05) is 57.2 Å². The fourth-order valence-electron chi connectivity index (χ4n) is 1.92. The van der Waals surface area contributed by atoms with Crippen LogP contribution in [0.25, 0.3) is 10.8 Å². The minimum atomic E-state index is -0.489. The van der Waals surface area contributed by atoms with E-state index in [2.05, 4.69) is 21.2 Å². The summed E-state index contributed by atoms with van der Waals surface area (Å²) in [6.07, 6.45) is -0.432. The van der Waals surface area contributed by atoms with Crippen LogP contribution < -0.4 is 10.1 Å². The molecule has 2 aromatic rings. The second-order valence-electron chi connectivity index (χ2n) is 5.93. The number of ether oxygens (including phenoxy) is 2. The molecule has 0 aliphatic heterocycles. The monoisotopic (exact) mass is 365 g/mol. The molecule has 1 amide bonds. The normalized spacial score (nSPS) is 11.3. The lowest BCUT2D eigenvalue weighted by Crippen LogP contribution is -2.34. The van der Waals surface area contributed by atoms with Gasteiger partial charge in [-0.2, -0.15) is 0 Å². The number of carbonyl (C=O) groups excluding carboxylic acids is 1. The minimum absolute atomic E-state index is 0.388. The maximum absolute atomic E-state index is 11.5. The maximum atomic E-state index is 11.5. The van der Waals surface area contributed by atoms with Gasteiger partial charge < -0.3 is 14.8 Å². The van der Waals surface area contributed by atoms with Crippen LogP contribution >= 0.6 is 15.9 Å². The summed E-state index contributed by atoms with van der Waals surface area (Å²) in [4.78, 5) is 11.5. The summed E-state index contributed by atoms with van der Waals surface area (Å²) in [6, 6.07) is 12.0. The third-order valence-corrected chi connectivity index (χ3v) is 3.31. The summed E-state index contributed by atoms with van der Waals surface area (Å²) in [5.74, 6) is 0.775. The van der Waals surface area contributed by atoms with Crippen molar-refractivity contribution < 1.29 is 14.3 Å². The molecule has 0 spiro atoms. The van der Waals surface area contributed by atoms with Gasteiger partial charge in [-0.05, 0) is 55.8 Å². The molecule has 118 valence electrons. The molecule has 22 heavy (non-hydrogen) atoms. The first kappa shape index (κ1) is 16.6. The summed E-state index contributed by atoms with van der Waals surface area (Å²) in [6.45, 7) is 6.27. The molecular weight excluding hydrogens is 346 g/mol. The van der Waals surface area contributed by atoms with Gasteiger partial charge in [-0.1, -0.05) is 28.1 Å². The molecule has 0 aliphatic rings. The Morgan fingerprint density at radius 1 is 1.14 bits per heavy atom.